The molecule has 1 saturated heterocycles. The fourth-order valence-electron chi connectivity index (χ4n) is 4.34. The number of piperazine rings is 1. The molecule has 1 fully saturated rings. The summed E-state index contributed by atoms with van der Waals surface area (Å²) in [5.41, 5.74) is 5.31. The van der Waals surface area contributed by atoms with Crippen LogP contribution in [0, 0.1) is 13.8 Å². The van der Waals surface area contributed by atoms with Gasteiger partial charge in [0.05, 0.1) is 6.54 Å². The highest BCUT2D eigenvalue weighted by molar-refractivity contribution is 5.99. The first-order valence-electron chi connectivity index (χ1n) is 11.1. The van der Waals surface area contributed by atoms with E-state index in [-0.39, 0.29) is 5.78 Å². The first-order chi connectivity index (χ1) is 15.1. The quantitative estimate of drug-likeness (QED) is 0.530. The molecule has 4 nitrogen and oxygen atoms in total. The SMILES string of the molecule is Cc1cc(C(=O)CN2CCN(C/C=C/c3ccccc3)CC2)c(C)n1-c1ccccc1. The monoisotopic (exact) mass is 413 g/mol. The van der Waals surface area contributed by atoms with Crippen LogP contribution in [0.5, 0.6) is 0 Å². The first kappa shape index (κ1) is 21.3. The van der Waals surface area contributed by atoms with Crippen LogP contribution in [0.3, 0.4) is 0 Å². The summed E-state index contributed by atoms with van der Waals surface area (Å²) < 4.78 is 2.17. The lowest BCUT2D eigenvalue weighted by atomic mass is 10.1. The van der Waals surface area contributed by atoms with E-state index in [1.54, 1.807) is 0 Å². The van der Waals surface area contributed by atoms with Crippen LogP contribution in [-0.4, -0.2) is 59.4 Å². The molecule has 31 heavy (non-hydrogen) atoms. The number of aryl methyl sites for hydroxylation is 1. The van der Waals surface area contributed by atoms with Crippen LogP contribution in [0.25, 0.3) is 11.8 Å². The van der Waals surface area contributed by atoms with E-state index in [9.17, 15) is 4.79 Å². The van der Waals surface area contributed by atoms with Crippen molar-refractivity contribution in [3.63, 3.8) is 0 Å². The number of rotatable bonds is 7. The van der Waals surface area contributed by atoms with Crippen molar-refractivity contribution in [1.82, 2.24) is 14.4 Å². The van der Waals surface area contributed by atoms with Gasteiger partial charge in [-0.1, -0.05) is 60.7 Å². The predicted octanol–water partition coefficient (Wildman–Crippen LogP) is 4.61. The summed E-state index contributed by atoms with van der Waals surface area (Å²) in [6.45, 7) is 9.42. The van der Waals surface area contributed by atoms with E-state index in [4.69, 9.17) is 0 Å². The van der Waals surface area contributed by atoms with E-state index >= 15 is 0 Å². The molecule has 1 aromatic heterocycles. The Morgan fingerprint density at radius 2 is 1.48 bits per heavy atom. The third-order valence-corrected chi connectivity index (χ3v) is 6.05. The van der Waals surface area contributed by atoms with E-state index in [0.29, 0.717) is 6.54 Å². The average Bonchev–Trinajstić information content (AvgIpc) is 3.10. The second kappa shape index (κ2) is 9.90. The molecule has 4 rings (SSSR count). The van der Waals surface area contributed by atoms with Crippen molar-refractivity contribution < 1.29 is 4.79 Å². The van der Waals surface area contributed by atoms with Gasteiger partial charge >= 0.3 is 0 Å². The van der Waals surface area contributed by atoms with Gasteiger partial charge in [-0.3, -0.25) is 14.6 Å². The summed E-state index contributed by atoms with van der Waals surface area (Å²) in [5.74, 6) is 0.215. The Hall–Kier alpha value is -2.95. The molecule has 0 aliphatic carbocycles. The molecule has 2 aromatic carbocycles. The number of ketones is 1. The van der Waals surface area contributed by atoms with E-state index < -0.39 is 0 Å². The van der Waals surface area contributed by atoms with Gasteiger partial charge in [0.2, 0.25) is 0 Å². The molecule has 0 spiro atoms. The van der Waals surface area contributed by atoms with E-state index in [1.807, 2.05) is 37.3 Å². The fraction of sp³-hybridized carbons (Fsp3) is 0.296. The fourth-order valence-corrected chi connectivity index (χ4v) is 4.34. The van der Waals surface area contributed by atoms with Crippen LogP contribution >= 0.6 is 0 Å². The second-order valence-electron chi connectivity index (χ2n) is 8.27. The molecule has 0 radical (unpaired) electrons. The maximum absolute atomic E-state index is 13.1. The van der Waals surface area contributed by atoms with Crippen molar-refractivity contribution >= 4 is 11.9 Å². The van der Waals surface area contributed by atoms with Gasteiger partial charge < -0.3 is 4.57 Å². The molecule has 0 bridgehead atoms. The van der Waals surface area contributed by atoms with Gasteiger partial charge in [-0.25, -0.2) is 0 Å². The number of nitrogens with zero attached hydrogens (tertiary/aromatic N) is 3. The van der Waals surface area contributed by atoms with Gasteiger partial charge in [-0.15, -0.1) is 0 Å². The number of para-hydroxylation sites is 1. The number of benzene rings is 2. The number of carbonyl (C=O) groups is 1. The van der Waals surface area contributed by atoms with Crippen LogP contribution in [0.2, 0.25) is 0 Å². The predicted molar refractivity (Wildman–Crippen MR) is 128 cm³/mol. The lowest BCUT2D eigenvalue weighted by molar-refractivity contribution is 0.0864. The highest BCUT2D eigenvalue weighted by atomic mass is 16.1. The zero-order chi connectivity index (χ0) is 21.6. The molecule has 0 amide bonds. The average molecular weight is 414 g/mol. The zero-order valence-electron chi connectivity index (χ0n) is 18.5. The summed E-state index contributed by atoms with van der Waals surface area (Å²) in [5, 5.41) is 0. The third kappa shape index (κ3) is 5.22. The molecule has 2 heterocycles. The van der Waals surface area contributed by atoms with Crippen LogP contribution < -0.4 is 0 Å². The standard InChI is InChI=1S/C27H31N3O/c1-22-20-26(23(2)30(22)25-13-7-4-8-14-25)27(31)21-29-18-16-28(17-19-29)15-9-12-24-10-5-3-6-11-24/h3-14,20H,15-19,21H2,1-2H3/b12-9+. The number of hydrogen-bond acceptors (Lipinski definition) is 3. The Morgan fingerprint density at radius 3 is 2.16 bits per heavy atom. The molecule has 0 saturated carbocycles. The molecule has 1 aliphatic rings. The lowest BCUT2D eigenvalue weighted by Gasteiger charge is -2.33. The van der Waals surface area contributed by atoms with E-state index in [0.717, 1.165) is 55.4 Å². The first-order valence-corrected chi connectivity index (χ1v) is 11.1. The van der Waals surface area contributed by atoms with Gasteiger partial charge in [0.25, 0.3) is 0 Å². The number of Topliss-reactive ketones (excluding diaryl/α,β-unsaturated/α-hetero) is 1. The van der Waals surface area contributed by atoms with Gasteiger partial charge in [0.15, 0.2) is 5.78 Å². The van der Waals surface area contributed by atoms with Crippen LogP contribution in [-0.2, 0) is 0 Å². The van der Waals surface area contributed by atoms with Crippen molar-refractivity contribution in [2.24, 2.45) is 0 Å². The third-order valence-electron chi connectivity index (χ3n) is 6.05. The Labute approximate surface area is 185 Å². The summed E-state index contributed by atoms with van der Waals surface area (Å²) in [6.07, 6.45) is 4.41. The van der Waals surface area contributed by atoms with Crippen molar-refractivity contribution in [2.75, 3.05) is 39.3 Å². The molecule has 3 aromatic rings. The Kier molecular flexibility index (Phi) is 6.80. The Balaban J connectivity index is 1.31. The van der Waals surface area contributed by atoms with Gasteiger partial charge in [0, 0.05) is 55.4 Å². The maximum atomic E-state index is 13.1. The minimum atomic E-state index is 0.215. The van der Waals surface area contributed by atoms with E-state index in [2.05, 4.69) is 69.8 Å². The van der Waals surface area contributed by atoms with Gasteiger partial charge in [-0.2, -0.15) is 0 Å². The molecular formula is C27H31N3O. The normalized spacial score (nSPS) is 15.5. The van der Waals surface area contributed by atoms with Crippen molar-refractivity contribution in [1.29, 1.82) is 0 Å². The maximum Gasteiger partial charge on any atom is 0.178 e. The molecular weight excluding hydrogens is 382 g/mol. The van der Waals surface area contributed by atoms with E-state index in [1.165, 1.54) is 5.56 Å². The topological polar surface area (TPSA) is 28.5 Å². The summed E-state index contributed by atoms with van der Waals surface area (Å²) in [4.78, 5) is 17.8. The molecule has 160 valence electrons. The van der Waals surface area contributed by atoms with Gasteiger partial charge in [-0.05, 0) is 37.6 Å². The number of aromatic nitrogens is 1. The Bertz CT molecular complexity index is 1030. The van der Waals surface area contributed by atoms with Crippen LogP contribution in [0.4, 0.5) is 0 Å². The zero-order valence-corrected chi connectivity index (χ0v) is 18.5. The summed E-state index contributed by atoms with van der Waals surface area (Å²) in [7, 11) is 0. The van der Waals surface area contributed by atoms with Crippen LogP contribution in [0.15, 0.2) is 72.8 Å². The molecule has 0 unspecified atom stereocenters. The van der Waals surface area contributed by atoms with Crippen molar-refractivity contribution in [3.05, 3.63) is 95.3 Å². The minimum Gasteiger partial charge on any atom is -0.318 e. The molecule has 0 atom stereocenters. The number of hydrogen-bond donors (Lipinski definition) is 0. The molecule has 1 aliphatic heterocycles. The smallest absolute Gasteiger partial charge is 0.178 e. The Morgan fingerprint density at radius 1 is 0.871 bits per heavy atom. The summed E-state index contributed by atoms with van der Waals surface area (Å²) in [6, 6.07) is 22.7. The number of carbonyl (C=O) groups excluding carboxylic acids is 1. The molecule has 0 N–H and O–H groups in total. The van der Waals surface area contributed by atoms with Crippen LogP contribution in [0.1, 0.15) is 27.3 Å². The summed E-state index contributed by atoms with van der Waals surface area (Å²) >= 11 is 0. The minimum absolute atomic E-state index is 0.215. The molecule has 4 heteroatoms. The van der Waals surface area contributed by atoms with Crippen molar-refractivity contribution in [2.45, 2.75) is 13.8 Å². The highest BCUT2D eigenvalue weighted by Gasteiger charge is 2.22. The largest absolute Gasteiger partial charge is 0.318 e. The highest BCUT2D eigenvalue weighted by Crippen LogP contribution is 2.21. The van der Waals surface area contributed by atoms with Crippen molar-refractivity contribution in [3.8, 4) is 5.69 Å². The van der Waals surface area contributed by atoms with Gasteiger partial charge in [0.1, 0.15) is 0 Å². The second-order valence-corrected chi connectivity index (χ2v) is 8.27. The lowest BCUT2D eigenvalue weighted by Crippen LogP contribution is -2.47.